The summed E-state index contributed by atoms with van der Waals surface area (Å²) < 4.78 is 67.1. The molecule has 4 heterocycles. The highest BCUT2D eigenvalue weighted by atomic mass is 32.2. The number of nitrogens with one attached hydrogen (secondary N) is 4. The fourth-order valence-electron chi connectivity index (χ4n) is 6.82. The third-order valence-corrected chi connectivity index (χ3v) is 11.2. The quantitative estimate of drug-likeness (QED) is 0.151. The summed E-state index contributed by atoms with van der Waals surface area (Å²) in [6.45, 7) is 1.75. The number of hydrogen-bond acceptors (Lipinski definition) is 11. The Balaban J connectivity index is 0.934. The molecular weight excluding hydrogens is 754 g/mol. The highest BCUT2D eigenvalue weighted by Crippen LogP contribution is 2.37. The van der Waals surface area contributed by atoms with Gasteiger partial charge >= 0.3 is 6.18 Å². The first-order valence-corrected chi connectivity index (χ1v) is 19.4. The van der Waals surface area contributed by atoms with Gasteiger partial charge in [-0.05, 0) is 53.9 Å². The van der Waals surface area contributed by atoms with E-state index in [1.54, 1.807) is 54.6 Å². The Labute approximate surface area is 320 Å². The molecule has 4 aromatic rings. The minimum absolute atomic E-state index is 0.0478. The van der Waals surface area contributed by atoms with Crippen molar-refractivity contribution in [2.75, 3.05) is 46.2 Å². The lowest BCUT2D eigenvalue weighted by molar-refractivity contribution is -0.137. The maximum absolute atomic E-state index is 13.9. The molecule has 7 rings (SSSR count). The molecule has 56 heavy (non-hydrogen) atoms. The van der Waals surface area contributed by atoms with Gasteiger partial charge < -0.3 is 20.9 Å². The molecule has 3 aliphatic rings. The van der Waals surface area contributed by atoms with E-state index in [1.807, 2.05) is 12.1 Å². The first-order chi connectivity index (χ1) is 26.6. The van der Waals surface area contributed by atoms with Crippen molar-refractivity contribution in [1.29, 1.82) is 0 Å². The monoisotopic (exact) mass is 790 g/mol. The average Bonchev–Trinajstić information content (AvgIpc) is 3.38. The number of benzene rings is 3. The Bertz CT molecular complexity index is 2330. The highest BCUT2D eigenvalue weighted by molar-refractivity contribution is 7.92. The summed E-state index contributed by atoms with van der Waals surface area (Å²) in [4.78, 5) is 57.1. The van der Waals surface area contributed by atoms with E-state index in [4.69, 9.17) is 0 Å². The third-order valence-electron chi connectivity index (χ3n) is 10.00. The molecule has 292 valence electrons. The van der Waals surface area contributed by atoms with Gasteiger partial charge in [-0.3, -0.25) is 33.7 Å². The normalized spacial score (nSPS) is 17.4. The van der Waals surface area contributed by atoms with Crippen LogP contribution in [0, 0.1) is 0 Å². The van der Waals surface area contributed by atoms with E-state index in [9.17, 15) is 40.8 Å². The van der Waals surface area contributed by atoms with Crippen molar-refractivity contribution >= 4 is 62.2 Å². The van der Waals surface area contributed by atoms with Crippen molar-refractivity contribution in [3.05, 3.63) is 107 Å². The Hall–Kier alpha value is -6.01. The van der Waals surface area contributed by atoms with Crippen molar-refractivity contribution in [3.8, 4) is 0 Å². The number of imide groups is 2. The summed E-state index contributed by atoms with van der Waals surface area (Å²) in [6.07, 6.45) is -2.76. The number of hydrogen-bond donors (Lipinski definition) is 4. The molecule has 14 nitrogen and oxygen atoms in total. The number of halogens is 3. The van der Waals surface area contributed by atoms with Crippen LogP contribution in [0.2, 0.25) is 0 Å². The second-order valence-electron chi connectivity index (χ2n) is 13.8. The molecule has 18 heteroatoms. The lowest BCUT2D eigenvalue weighted by Crippen LogP contribution is -2.57. The van der Waals surface area contributed by atoms with Crippen molar-refractivity contribution in [3.63, 3.8) is 0 Å². The Morgan fingerprint density at radius 3 is 2.34 bits per heavy atom. The standard InChI is InChI=1S/C38H37F3N8O6S/c1-47(56(2,54)55)31-6-4-3-5-23(31)18-43-30-16-33(44-19-29(30)38(39,40)41)45-24-9-7-22(8-10-24)17-42-25-20-48(21-25)26-11-12-27-28(15-26)37(53)49(36(27)52)32-13-14-34(50)46-35(32)51/h3-12,15-16,19,25,32,42H,13-14,17-18,20-21H2,1-2H3,(H2,43,44,45)(H,46,50,51). The maximum atomic E-state index is 13.9. The zero-order chi connectivity index (χ0) is 39.9. The molecule has 4 N–H and O–H groups in total. The molecule has 0 radical (unpaired) electrons. The van der Waals surface area contributed by atoms with Gasteiger partial charge in [-0.25, -0.2) is 13.4 Å². The van der Waals surface area contributed by atoms with Crippen LogP contribution >= 0.6 is 0 Å². The third kappa shape index (κ3) is 7.88. The number of piperidine rings is 1. The molecular formula is C38H37F3N8O6S. The maximum Gasteiger partial charge on any atom is 0.419 e. The van der Waals surface area contributed by atoms with Crippen LogP contribution in [-0.4, -0.2) is 80.4 Å². The summed E-state index contributed by atoms with van der Waals surface area (Å²) in [6, 6.07) is 19.3. The topological polar surface area (TPSA) is 173 Å². The number of fused-ring (bicyclic) bond motifs is 1. The van der Waals surface area contributed by atoms with E-state index in [0.29, 0.717) is 36.6 Å². The van der Waals surface area contributed by atoms with Crippen LogP contribution in [0.15, 0.2) is 79.0 Å². The van der Waals surface area contributed by atoms with E-state index in [-0.39, 0.29) is 48.1 Å². The summed E-state index contributed by atoms with van der Waals surface area (Å²) >= 11 is 0. The molecule has 0 saturated carbocycles. The SMILES string of the molecule is CN(c1ccccc1CNc1cc(Nc2ccc(CNC3CN(c4ccc5c(c4)C(=O)N(C4CCC(=O)NC4=O)C5=O)C3)cc2)ncc1C(F)(F)F)S(C)(=O)=O. The van der Waals surface area contributed by atoms with Crippen molar-refractivity contribution in [2.45, 2.75) is 44.2 Å². The Morgan fingerprint density at radius 2 is 1.64 bits per heavy atom. The van der Waals surface area contributed by atoms with E-state index in [2.05, 4.69) is 31.2 Å². The van der Waals surface area contributed by atoms with E-state index >= 15 is 0 Å². The summed E-state index contributed by atoms with van der Waals surface area (Å²) in [7, 11) is -2.23. The zero-order valence-corrected chi connectivity index (χ0v) is 31.0. The lowest BCUT2D eigenvalue weighted by atomic mass is 10.0. The number of sulfonamides is 1. The van der Waals surface area contributed by atoms with Gasteiger partial charge in [0.1, 0.15) is 11.9 Å². The molecule has 1 aromatic heterocycles. The smallest absolute Gasteiger partial charge is 0.380 e. The van der Waals surface area contributed by atoms with Gasteiger partial charge in [0.25, 0.3) is 11.8 Å². The number of nitrogens with zero attached hydrogens (tertiary/aromatic N) is 4. The number of anilines is 5. The summed E-state index contributed by atoms with van der Waals surface area (Å²) in [5, 5.41) is 11.5. The second kappa shape index (κ2) is 14.9. The van der Waals surface area contributed by atoms with Gasteiger partial charge in [0, 0.05) is 69.3 Å². The van der Waals surface area contributed by atoms with Gasteiger partial charge in [-0.1, -0.05) is 30.3 Å². The molecule has 3 aliphatic heterocycles. The van der Waals surface area contributed by atoms with Crippen molar-refractivity contribution in [2.24, 2.45) is 0 Å². The fourth-order valence-corrected chi connectivity index (χ4v) is 7.36. The molecule has 4 amide bonds. The van der Waals surface area contributed by atoms with Gasteiger partial charge in [0.05, 0.1) is 34.3 Å². The number of para-hydroxylation sites is 1. The fraction of sp³-hybridized carbons (Fsp3) is 0.289. The molecule has 3 aromatic carbocycles. The number of alkyl halides is 3. The van der Waals surface area contributed by atoms with Crippen LogP contribution in [0.1, 0.15) is 50.2 Å². The van der Waals surface area contributed by atoms with Gasteiger partial charge in [-0.2, -0.15) is 13.2 Å². The van der Waals surface area contributed by atoms with Gasteiger partial charge in [-0.15, -0.1) is 0 Å². The first kappa shape index (κ1) is 38.3. The minimum Gasteiger partial charge on any atom is -0.380 e. The van der Waals surface area contributed by atoms with Crippen LogP contribution in [0.25, 0.3) is 0 Å². The summed E-state index contributed by atoms with van der Waals surface area (Å²) in [5.41, 5.74) is 2.40. The van der Waals surface area contributed by atoms with Crippen molar-refractivity contribution in [1.82, 2.24) is 20.5 Å². The Kier molecular flexibility index (Phi) is 10.2. The van der Waals surface area contributed by atoms with E-state index < -0.39 is 51.4 Å². The number of pyridine rings is 1. The number of rotatable bonds is 12. The molecule has 1 atom stereocenters. The molecule has 0 spiro atoms. The van der Waals surface area contributed by atoms with Gasteiger partial charge in [0.15, 0.2) is 0 Å². The van der Waals surface area contributed by atoms with Crippen molar-refractivity contribution < 1.29 is 40.8 Å². The van der Waals surface area contributed by atoms with Crippen LogP contribution in [-0.2, 0) is 38.9 Å². The number of carbonyl (C=O) groups is 4. The minimum atomic E-state index is -4.69. The van der Waals surface area contributed by atoms with Crippen LogP contribution in [0.5, 0.6) is 0 Å². The number of carbonyl (C=O) groups excluding carboxylic acids is 4. The number of aromatic nitrogens is 1. The molecule has 2 saturated heterocycles. The second-order valence-corrected chi connectivity index (χ2v) is 15.8. The predicted molar refractivity (Wildman–Crippen MR) is 202 cm³/mol. The van der Waals surface area contributed by atoms with E-state index in [0.717, 1.165) is 32.9 Å². The zero-order valence-electron chi connectivity index (χ0n) is 30.2. The Morgan fingerprint density at radius 1 is 0.929 bits per heavy atom. The lowest BCUT2D eigenvalue weighted by Gasteiger charge is -2.41. The van der Waals surface area contributed by atoms with Crippen LogP contribution < -0.4 is 30.5 Å². The molecule has 0 bridgehead atoms. The molecule has 1 unspecified atom stereocenters. The summed E-state index contributed by atoms with van der Waals surface area (Å²) in [5.74, 6) is -2.03. The van der Waals surface area contributed by atoms with E-state index in [1.165, 1.54) is 13.1 Å². The molecule has 0 aliphatic carbocycles. The average molecular weight is 791 g/mol. The first-order valence-electron chi connectivity index (χ1n) is 17.6. The predicted octanol–water partition coefficient (Wildman–Crippen LogP) is 4.23. The van der Waals surface area contributed by atoms with Crippen LogP contribution in [0.3, 0.4) is 0 Å². The largest absolute Gasteiger partial charge is 0.419 e. The number of amides is 4. The van der Waals surface area contributed by atoms with Crippen LogP contribution in [0.4, 0.5) is 41.7 Å². The molecule has 2 fully saturated rings. The van der Waals surface area contributed by atoms with Gasteiger partial charge in [0.2, 0.25) is 21.8 Å². The highest BCUT2D eigenvalue weighted by Gasteiger charge is 2.45.